The first-order chi connectivity index (χ1) is 4.63. The smallest absolute Gasteiger partial charge is 0.0541 e. The van der Waals surface area contributed by atoms with Crippen molar-refractivity contribution < 1.29 is 5.11 Å². The molecule has 0 fully saturated rings. The van der Waals surface area contributed by atoms with Crippen LogP contribution in [0.1, 0.15) is 19.3 Å². The SMILES string of the molecule is [CH2]C(O)CCCCN(C)C. The van der Waals surface area contributed by atoms with Crippen LogP contribution in [0, 0.1) is 6.92 Å². The number of nitrogens with zero attached hydrogens (tertiary/aromatic N) is 1. The Labute approximate surface area is 63.8 Å². The van der Waals surface area contributed by atoms with Crippen LogP contribution < -0.4 is 0 Å². The number of hydrogen-bond acceptors (Lipinski definition) is 2. The maximum atomic E-state index is 8.79. The summed E-state index contributed by atoms with van der Waals surface area (Å²) in [7, 11) is 4.11. The minimum absolute atomic E-state index is 0.373. The van der Waals surface area contributed by atoms with E-state index in [4.69, 9.17) is 5.11 Å². The summed E-state index contributed by atoms with van der Waals surface area (Å²) in [6.07, 6.45) is 2.68. The van der Waals surface area contributed by atoms with E-state index >= 15 is 0 Å². The van der Waals surface area contributed by atoms with Crippen molar-refractivity contribution in [1.82, 2.24) is 4.90 Å². The summed E-state index contributed by atoms with van der Waals surface area (Å²) >= 11 is 0. The summed E-state index contributed by atoms with van der Waals surface area (Å²) in [4.78, 5) is 2.15. The van der Waals surface area contributed by atoms with E-state index in [-0.39, 0.29) is 6.10 Å². The van der Waals surface area contributed by atoms with Gasteiger partial charge in [0, 0.05) is 0 Å². The van der Waals surface area contributed by atoms with E-state index in [1.165, 1.54) is 0 Å². The second kappa shape index (κ2) is 5.69. The molecule has 0 aromatic carbocycles. The fraction of sp³-hybridized carbons (Fsp3) is 0.875. The van der Waals surface area contributed by atoms with E-state index in [0.29, 0.717) is 0 Å². The number of aliphatic hydroxyl groups excluding tert-OH is 1. The van der Waals surface area contributed by atoms with Gasteiger partial charge in [-0.25, -0.2) is 0 Å². The first kappa shape index (κ1) is 9.92. The topological polar surface area (TPSA) is 23.5 Å². The maximum Gasteiger partial charge on any atom is 0.0541 e. The molecule has 2 heteroatoms. The number of rotatable bonds is 5. The molecule has 1 atom stereocenters. The van der Waals surface area contributed by atoms with Crippen LogP contribution in [0.5, 0.6) is 0 Å². The van der Waals surface area contributed by atoms with Crippen molar-refractivity contribution in [2.75, 3.05) is 20.6 Å². The third-order valence-corrected chi connectivity index (χ3v) is 1.39. The van der Waals surface area contributed by atoms with Crippen LogP contribution in [-0.4, -0.2) is 36.8 Å². The summed E-state index contributed by atoms with van der Waals surface area (Å²) in [5, 5.41) is 8.79. The van der Waals surface area contributed by atoms with Crippen molar-refractivity contribution in [2.24, 2.45) is 0 Å². The van der Waals surface area contributed by atoms with Gasteiger partial charge in [0.2, 0.25) is 0 Å². The number of hydrogen-bond donors (Lipinski definition) is 1. The van der Waals surface area contributed by atoms with Crippen LogP contribution in [0.15, 0.2) is 0 Å². The molecule has 0 saturated carbocycles. The highest BCUT2D eigenvalue weighted by molar-refractivity contribution is 4.56. The fourth-order valence-electron chi connectivity index (χ4n) is 0.808. The van der Waals surface area contributed by atoms with Crippen LogP contribution in [-0.2, 0) is 0 Å². The van der Waals surface area contributed by atoms with Gasteiger partial charge in [0.1, 0.15) is 0 Å². The first-order valence-corrected chi connectivity index (χ1v) is 3.79. The summed E-state index contributed by atoms with van der Waals surface area (Å²) in [5.74, 6) is 0. The summed E-state index contributed by atoms with van der Waals surface area (Å²) in [6, 6.07) is 0. The van der Waals surface area contributed by atoms with Crippen molar-refractivity contribution in [3.05, 3.63) is 6.92 Å². The molecule has 1 N–H and O–H groups in total. The molecule has 0 amide bonds. The molecule has 1 unspecified atom stereocenters. The molecule has 1 radical (unpaired) electrons. The maximum absolute atomic E-state index is 8.79. The van der Waals surface area contributed by atoms with E-state index in [1.54, 1.807) is 0 Å². The van der Waals surface area contributed by atoms with E-state index in [0.717, 1.165) is 25.8 Å². The molecule has 2 nitrogen and oxygen atoms in total. The van der Waals surface area contributed by atoms with Crippen molar-refractivity contribution in [3.63, 3.8) is 0 Å². The Bertz CT molecular complexity index is 61.7. The lowest BCUT2D eigenvalue weighted by atomic mass is 10.2. The predicted octanol–water partition coefficient (Wildman–Crippen LogP) is 0.913. The average molecular weight is 144 g/mol. The Balaban J connectivity index is 2.91. The van der Waals surface area contributed by atoms with Gasteiger partial charge in [0.15, 0.2) is 0 Å². The number of unbranched alkanes of at least 4 members (excludes halogenated alkanes) is 1. The van der Waals surface area contributed by atoms with Crippen LogP contribution in [0.2, 0.25) is 0 Å². The second-order valence-electron chi connectivity index (χ2n) is 2.95. The van der Waals surface area contributed by atoms with E-state index in [2.05, 4.69) is 25.9 Å². The molecule has 0 saturated heterocycles. The Hall–Kier alpha value is -0.0800. The zero-order valence-corrected chi connectivity index (χ0v) is 7.01. The lowest BCUT2D eigenvalue weighted by Gasteiger charge is -2.09. The van der Waals surface area contributed by atoms with Crippen molar-refractivity contribution in [3.8, 4) is 0 Å². The molecule has 10 heavy (non-hydrogen) atoms. The zero-order valence-electron chi connectivity index (χ0n) is 7.01. The number of aliphatic hydroxyl groups is 1. The fourth-order valence-corrected chi connectivity index (χ4v) is 0.808. The predicted molar refractivity (Wildman–Crippen MR) is 43.8 cm³/mol. The van der Waals surface area contributed by atoms with Crippen LogP contribution >= 0.6 is 0 Å². The van der Waals surface area contributed by atoms with E-state index in [1.807, 2.05) is 0 Å². The van der Waals surface area contributed by atoms with Crippen LogP contribution in [0.4, 0.5) is 0 Å². The molecular formula is C8H18NO. The van der Waals surface area contributed by atoms with Crippen molar-refractivity contribution in [2.45, 2.75) is 25.4 Å². The molecule has 0 heterocycles. The van der Waals surface area contributed by atoms with Gasteiger partial charge in [0.05, 0.1) is 6.10 Å². The molecule has 0 aromatic rings. The second-order valence-corrected chi connectivity index (χ2v) is 2.95. The monoisotopic (exact) mass is 144 g/mol. The van der Waals surface area contributed by atoms with Gasteiger partial charge in [-0.1, -0.05) is 0 Å². The van der Waals surface area contributed by atoms with Gasteiger partial charge in [-0.05, 0) is 46.8 Å². The first-order valence-electron chi connectivity index (χ1n) is 3.79. The molecule has 0 aliphatic rings. The van der Waals surface area contributed by atoms with E-state index in [9.17, 15) is 0 Å². The quantitative estimate of drug-likeness (QED) is 0.580. The van der Waals surface area contributed by atoms with Crippen molar-refractivity contribution >= 4 is 0 Å². The molecule has 0 aliphatic heterocycles. The minimum Gasteiger partial charge on any atom is -0.393 e. The highest BCUT2D eigenvalue weighted by Gasteiger charge is 1.95. The Morgan fingerprint density at radius 2 is 2.00 bits per heavy atom. The van der Waals surface area contributed by atoms with Gasteiger partial charge in [-0.2, -0.15) is 0 Å². The largest absolute Gasteiger partial charge is 0.393 e. The lowest BCUT2D eigenvalue weighted by Crippen LogP contribution is -2.13. The molecule has 0 aromatic heterocycles. The Morgan fingerprint density at radius 1 is 1.40 bits per heavy atom. The normalized spacial score (nSPS) is 14.1. The van der Waals surface area contributed by atoms with Gasteiger partial charge >= 0.3 is 0 Å². The summed E-state index contributed by atoms with van der Waals surface area (Å²) in [5.41, 5.74) is 0. The molecular weight excluding hydrogens is 126 g/mol. The zero-order chi connectivity index (χ0) is 7.98. The highest BCUT2D eigenvalue weighted by atomic mass is 16.3. The van der Waals surface area contributed by atoms with E-state index < -0.39 is 0 Å². The van der Waals surface area contributed by atoms with Gasteiger partial charge in [-0.15, -0.1) is 0 Å². The summed E-state index contributed by atoms with van der Waals surface area (Å²) < 4.78 is 0. The van der Waals surface area contributed by atoms with Crippen molar-refractivity contribution in [1.29, 1.82) is 0 Å². The molecule has 0 spiro atoms. The van der Waals surface area contributed by atoms with Crippen LogP contribution in [0.3, 0.4) is 0 Å². The average Bonchev–Trinajstić information content (AvgIpc) is 1.79. The Kier molecular flexibility index (Phi) is 5.64. The minimum atomic E-state index is -0.373. The molecule has 0 rings (SSSR count). The third kappa shape index (κ3) is 7.92. The molecule has 0 bridgehead atoms. The third-order valence-electron chi connectivity index (χ3n) is 1.39. The molecule has 61 valence electrons. The molecule has 0 aliphatic carbocycles. The highest BCUT2D eigenvalue weighted by Crippen LogP contribution is 1.99. The van der Waals surface area contributed by atoms with Gasteiger partial charge in [0.25, 0.3) is 0 Å². The Morgan fingerprint density at radius 3 is 2.40 bits per heavy atom. The summed E-state index contributed by atoms with van der Waals surface area (Å²) in [6.45, 7) is 4.60. The lowest BCUT2D eigenvalue weighted by molar-refractivity contribution is 0.204. The van der Waals surface area contributed by atoms with Gasteiger partial charge in [-0.3, -0.25) is 0 Å². The standard InChI is InChI=1S/C8H18NO/c1-8(10)6-4-5-7-9(2)3/h8,10H,1,4-7H2,2-3H3. The van der Waals surface area contributed by atoms with Gasteiger partial charge < -0.3 is 10.0 Å². The van der Waals surface area contributed by atoms with Crippen LogP contribution in [0.25, 0.3) is 0 Å².